The summed E-state index contributed by atoms with van der Waals surface area (Å²) in [5.41, 5.74) is 0.822. The fraction of sp³-hybridized carbons (Fsp3) is 0.708. The summed E-state index contributed by atoms with van der Waals surface area (Å²) in [6, 6.07) is 9.71. The summed E-state index contributed by atoms with van der Waals surface area (Å²) in [4.78, 5) is 14.6. The predicted molar refractivity (Wildman–Crippen MR) is 115 cm³/mol. The number of carbonyl (C=O) groups is 1. The number of hydrogen-bond donors (Lipinski definition) is 0. The molecule has 1 aromatic carbocycles. The van der Waals surface area contributed by atoms with E-state index in [0.717, 1.165) is 36.2 Å². The summed E-state index contributed by atoms with van der Waals surface area (Å²) >= 11 is 0. The third-order valence-electron chi connectivity index (χ3n) is 6.18. The van der Waals surface area contributed by atoms with E-state index in [4.69, 9.17) is 0 Å². The van der Waals surface area contributed by atoms with Gasteiger partial charge in [0, 0.05) is 5.56 Å². The maximum atomic E-state index is 12.6. The lowest BCUT2D eigenvalue weighted by Gasteiger charge is -2.42. The van der Waals surface area contributed by atoms with E-state index >= 15 is 0 Å². The second-order valence-electron chi connectivity index (χ2n) is 8.63. The van der Waals surface area contributed by atoms with Crippen LogP contribution < -0.4 is 17.0 Å². The zero-order valence-corrected chi connectivity index (χ0v) is 19.8. The Balaban J connectivity index is 0.00000392. The molecule has 1 aromatic rings. The monoisotopic (exact) mass is 452 g/mol. The molecule has 1 aliphatic heterocycles. The SMILES string of the molecule is CCCCCCCCCCCC[N+]1(C)CCN(C(=O)c2ccccc2)CC1.[Br-]. The van der Waals surface area contributed by atoms with Crippen molar-refractivity contribution < 1.29 is 26.3 Å². The number of rotatable bonds is 12. The number of benzene rings is 1. The molecule has 1 saturated heterocycles. The Morgan fingerprint density at radius 2 is 1.36 bits per heavy atom. The fourth-order valence-corrected chi connectivity index (χ4v) is 4.12. The Kier molecular flexibility index (Phi) is 12.7. The maximum Gasteiger partial charge on any atom is 0.254 e. The van der Waals surface area contributed by atoms with Gasteiger partial charge in [-0.25, -0.2) is 0 Å². The van der Waals surface area contributed by atoms with Crippen LogP contribution >= 0.6 is 0 Å². The van der Waals surface area contributed by atoms with Gasteiger partial charge in [0.15, 0.2) is 0 Å². The molecule has 0 atom stereocenters. The molecule has 3 nitrogen and oxygen atoms in total. The Morgan fingerprint density at radius 3 is 1.89 bits per heavy atom. The average molecular weight is 454 g/mol. The number of nitrogens with zero attached hydrogens (tertiary/aromatic N) is 2. The molecule has 0 spiro atoms. The molecule has 0 aliphatic carbocycles. The Labute approximate surface area is 183 Å². The minimum Gasteiger partial charge on any atom is -1.00 e. The summed E-state index contributed by atoms with van der Waals surface area (Å²) in [6.45, 7) is 7.52. The van der Waals surface area contributed by atoms with Gasteiger partial charge in [0.05, 0.1) is 39.8 Å². The summed E-state index contributed by atoms with van der Waals surface area (Å²) < 4.78 is 1.13. The average Bonchev–Trinajstić information content (AvgIpc) is 2.70. The number of carbonyl (C=O) groups excluding carboxylic acids is 1. The highest BCUT2D eigenvalue weighted by molar-refractivity contribution is 5.94. The van der Waals surface area contributed by atoms with E-state index in [1.807, 2.05) is 35.2 Å². The van der Waals surface area contributed by atoms with Crippen molar-refractivity contribution in [2.75, 3.05) is 39.8 Å². The van der Waals surface area contributed by atoms with Crippen LogP contribution in [0.2, 0.25) is 0 Å². The largest absolute Gasteiger partial charge is 1.00 e. The lowest BCUT2D eigenvalue weighted by Crippen LogP contribution is -3.00. The molecule has 160 valence electrons. The van der Waals surface area contributed by atoms with Crippen molar-refractivity contribution in [2.24, 2.45) is 0 Å². The smallest absolute Gasteiger partial charge is 0.254 e. The molecule has 0 unspecified atom stereocenters. The normalized spacial score (nSPS) is 15.9. The predicted octanol–water partition coefficient (Wildman–Crippen LogP) is 2.51. The highest BCUT2D eigenvalue weighted by Gasteiger charge is 2.30. The van der Waals surface area contributed by atoms with E-state index in [9.17, 15) is 4.79 Å². The van der Waals surface area contributed by atoms with Crippen LogP contribution in [0.25, 0.3) is 0 Å². The molecule has 1 amide bonds. The van der Waals surface area contributed by atoms with Crippen molar-refractivity contribution in [1.82, 2.24) is 4.90 Å². The molecular weight excluding hydrogens is 412 g/mol. The van der Waals surface area contributed by atoms with E-state index < -0.39 is 0 Å². The summed E-state index contributed by atoms with van der Waals surface area (Å²) in [5, 5.41) is 0. The molecule has 28 heavy (non-hydrogen) atoms. The topological polar surface area (TPSA) is 20.3 Å². The molecule has 0 saturated carbocycles. The van der Waals surface area contributed by atoms with Crippen molar-refractivity contribution >= 4 is 5.91 Å². The van der Waals surface area contributed by atoms with E-state index in [2.05, 4.69) is 14.0 Å². The van der Waals surface area contributed by atoms with Gasteiger partial charge in [-0.2, -0.15) is 0 Å². The van der Waals surface area contributed by atoms with Crippen LogP contribution in [0.5, 0.6) is 0 Å². The van der Waals surface area contributed by atoms with Crippen LogP contribution in [0.15, 0.2) is 30.3 Å². The van der Waals surface area contributed by atoms with Crippen LogP contribution in [-0.4, -0.2) is 55.1 Å². The first-order valence-corrected chi connectivity index (χ1v) is 11.3. The molecule has 1 heterocycles. The highest BCUT2D eigenvalue weighted by atomic mass is 79.9. The molecule has 0 radical (unpaired) electrons. The van der Waals surface area contributed by atoms with Gasteiger partial charge in [0.25, 0.3) is 5.91 Å². The van der Waals surface area contributed by atoms with Crippen molar-refractivity contribution in [3.63, 3.8) is 0 Å². The minimum absolute atomic E-state index is 0. The van der Waals surface area contributed by atoms with E-state index in [1.165, 1.54) is 70.8 Å². The molecule has 0 bridgehead atoms. The molecule has 2 rings (SSSR count). The van der Waals surface area contributed by atoms with E-state index in [-0.39, 0.29) is 22.9 Å². The van der Waals surface area contributed by atoms with Gasteiger partial charge in [0.2, 0.25) is 0 Å². The number of unbranched alkanes of at least 4 members (excludes halogenated alkanes) is 9. The Morgan fingerprint density at radius 1 is 0.857 bits per heavy atom. The molecule has 1 fully saturated rings. The molecule has 4 heteroatoms. The third kappa shape index (κ3) is 9.09. The second-order valence-corrected chi connectivity index (χ2v) is 8.63. The van der Waals surface area contributed by atoms with Crippen LogP contribution in [0.4, 0.5) is 0 Å². The molecule has 0 aromatic heterocycles. The van der Waals surface area contributed by atoms with Gasteiger partial charge in [0.1, 0.15) is 0 Å². The molecule has 0 N–H and O–H groups in total. The van der Waals surface area contributed by atoms with E-state index in [0.29, 0.717) is 0 Å². The number of quaternary nitrogens is 1. The second kappa shape index (κ2) is 14.2. The fourth-order valence-electron chi connectivity index (χ4n) is 4.12. The van der Waals surface area contributed by atoms with Gasteiger partial charge in [-0.05, 0) is 25.0 Å². The van der Waals surface area contributed by atoms with E-state index in [1.54, 1.807) is 0 Å². The zero-order chi connectivity index (χ0) is 19.4. The number of amides is 1. The van der Waals surface area contributed by atoms with Crippen molar-refractivity contribution in [2.45, 2.75) is 71.1 Å². The Hall–Kier alpha value is -0.870. The maximum absolute atomic E-state index is 12.6. The van der Waals surface area contributed by atoms with Crippen LogP contribution in [0.1, 0.15) is 81.5 Å². The lowest BCUT2D eigenvalue weighted by atomic mass is 10.1. The number of piperazine rings is 1. The minimum atomic E-state index is 0. The highest BCUT2D eigenvalue weighted by Crippen LogP contribution is 2.16. The van der Waals surface area contributed by atoms with Gasteiger partial charge in [-0.1, -0.05) is 76.5 Å². The standard InChI is InChI=1S/C24H41N2O.BrH/c1-3-4-5-6-7-8-9-10-11-15-20-26(2)21-18-25(19-22-26)24(27)23-16-13-12-14-17-23;/h12-14,16-17H,3-11,15,18-22H2,1-2H3;1H/q+1;/p-1. The number of hydrogen-bond acceptors (Lipinski definition) is 1. The number of likely N-dealkylation sites (N-methyl/N-ethyl adjacent to an activating group) is 1. The quantitative estimate of drug-likeness (QED) is 0.352. The zero-order valence-electron chi connectivity index (χ0n) is 18.2. The van der Waals surface area contributed by atoms with Crippen molar-refractivity contribution in [3.05, 3.63) is 35.9 Å². The van der Waals surface area contributed by atoms with Crippen molar-refractivity contribution in [3.8, 4) is 0 Å². The molecular formula is C24H41BrN2O. The first kappa shape index (κ1) is 25.2. The van der Waals surface area contributed by atoms with Crippen LogP contribution in [0, 0.1) is 0 Å². The summed E-state index contributed by atoms with van der Waals surface area (Å²) in [6.07, 6.45) is 14.0. The first-order valence-electron chi connectivity index (χ1n) is 11.3. The van der Waals surface area contributed by atoms with Crippen LogP contribution in [-0.2, 0) is 0 Å². The number of halogens is 1. The summed E-state index contributed by atoms with van der Waals surface area (Å²) in [5.74, 6) is 0.195. The lowest BCUT2D eigenvalue weighted by molar-refractivity contribution is -0.913. The van der Waals surface area contributed by atoms with Crippen molar-refractivity contribution in [1.29, 1.82) is 0 Å². The van der Waals surface area contributed by atoms with Gasteiger partial charge in [-0.3, -0.25) is 4.79 Å². The van der Waals surface area contributed by atoms with Gasteiger partial charge >= 0.3 is 0 Å². The molecule has 1 aliphatic rings. The first-order chi connectivity index (χ1) is 13.1. The van der Waals surface area contributed by atoms with Gasteiger partial charge in [-0.15, -0.1) is 0 Å². The third-order valence-corrected chi connectivity index (χ3v) is 6.18. The Bertz CT molecular complexity index is 527. The summed E-state index contributed by atoms with van der Waals surface area (Å²) in [7, 11) is 2.37. The van der Waals surface area contributed by atoms with Crippen LogP contribution in [0.3, 0.4) is 0 Å². The van der Waals surface area contributed by atoms with Gasteiger partial charge < -0.3 is 26.4 Å².